The first-order valence-corrected chi connectivity index (χ1v) is 3.73. The van der Waals surface area contributed by atoms with Gasteiger partial charge in [-0.1, -0.05) is 12.1 Å². The summed E-state index contributed by atoms with van der Waals surface area (Å²) in [5.74, 6) is -4.06. The van der Waals surface area contributed by atoms with Crippen LogP contribution in [0.25, 0.3) is 0 Å². The molecule has 0 amide bonds. The normalized spacial score (nSPS) is 11.8. The smallest absolute Gasteiger partial charge is 0.296 e. The van der Waals surface area contributed by atoms with Gasteiger partial charge in [0.1, 0.15) is 12.4 Å². The number of alkyl halides is 2. The average Bonchev–Trinajstić information content (AvgIpc) is 2.09. The number of rotatable bonds is 2. The minimum Gasteiger partial charge on any atom is -0.390 e. The standard InChI is InChI=1S/C9H9F3O/c1-6-7(9(11,12)5-13)3-2-4-8(6)10/h2-4,13H,5H2,1H3. The zero-order valence-electron chi connectivity index (χ0n) is 7.02. The van der Waals surface area contributed by atoms with Crippen molar-refractivity contribution in [2.45, 2.75) is 12.8 Å². The fourth-order valence-corrected chi connectivity index (χ4v) is 1.09. The summed E-state index contributed by atoms with van der Waals surface area (Å²) in [6.45, 7) is -0.0501. The van der Waals surface area contributed by atoms with Gasteiger partial charge in [0.15, 0.2) is 0 Å². The van der Waals surface area contributed by atoms with E-state index in [0.29, 0.717) is 0 Å². The Morgan fingerprint density at radius 1 is 1.38 bits per heavy atom. The van der Waals surface area contributed by atoms with E-state index in [4.69, 9.17) is 5.11 Å². The third-order valence-corrected chi connectivity index (χ3v) is 1.86. The molecule has 1 N–H and O–H groups in total. The minimum absolute atomic E-state index is 0.124. The van der Waals surface area contributed by atoms with Crippen LogP contribution in [0.5, 0.6) is 0 Å². The molecule has 0 saturated heterocycles. The van der Waals surface area contributed by atoms with E-state index in [9.17, 15) is 13.2 Å². The van der Waals surface area contributed by atoms with Gasteiger partial charge in [-0.2, -0.15) is 8.78 Å². The lowest BCUT2D eigenvalue weighted by molar-refractivity contribution is -0.0563. The van der Waals surface area contributed by atoms with Crippen molar-refractivity contribution in [2.24, 2.45) is 0 Å². The predicted octanol–water partition coefficient (Wildman–Crippen LogP) is 2.22. The summed E-state index contributed by atoms with van der Waals surface area (Å²) >= 11 is 0. The summed E-state index contributed by atoms with van der Waals surface area (Å²) in [4.78, 5) is 0. The summed E-state index contributed by atoms with van der Waals surface area (Å²) in [7, 11) is 0. The predicted molar refractivity (Wildman–Crippen MR) is 42.1 cm³/mol. The van der Waals surface area contributed by atoms with Gasteiger partial charge in [0.05, 0.1) is 0 Å². The van der Waals surface area contributed by atoms with Gasteiger partial charge in [-0.15, -0.1) is 0 Å². The van der Waals surface area contributed by atoms with Gasteiger partial charge >= 0.3 is 0 Å². The molecule has 0 bridgehead atoms. The Labute approximate surface area is 73.8 Å². The monoisotopic (exact) mass is 190 g/mol. The Kier molecular flexibility index (Phi) is 2.61. The Balaban J connectivity index is 3.22. The highest BCUT2D eigenvalue weighted by molar-refractivity contribution is 5.31. The van der Waals surface area contributed by atoms with Crippen molar-refractivity contribution in [2.75, 3.05) is 6.61 Å². The van der Waals surface area contributed by atoms with Gasteiger partial charge in [-0.05, 0) is 18.6 Å². The van der Waals surface area contributed by atoms with Gasteiger partial charge in [0, 0.05) is 5.56 Å². The molecular formula is C9H9F3O. The lowest BCUT2D eigenvalue weighted by atomic mass is 10.0. The molecule has 0 fully saturated rings. The lowest BCUT2D eigenvalue weighted by Crippen LogP contribution is -2.20. The van der Waals surface area contributed by atoms with E-state index in [0.717, 1.165) is 12.1 Å². The fraction of sp³-hybridized carbons (Fsp3) is 0.333. The van der Waals surface area contributed by atoms with E-state index >= 15 is 0 Å². The molecular weight excluding hydrogens is 181 g/mol. The Morgan fingerprint density at radius 2 is 2.00 bits per heavy atom. The van der Waals surface area contributed by atoms with Crippen LogP contribution in [0.3, 0.4) is 0 Å². The maximum Gasteiger partial charge on any atom is 0.296 e. The first-order chi connectivity index (χ1) is 5.99. The Bertz CT molecular complexity index is 310. The van der Waals surface area contributed by atoms with Crippen molar-refractivity contribution < 1.29 is 18.3 Å². The largest absolute Gasteiger partial charge is 0.390 e. The van der Waals surface area contributed by atoms with E-state index in [2.05, 4.69) is 0 Å². The molecule has 0 aromatic heterocycles. The second kappa shape index (κ2) is 3.38. The third kappa shape index (κ3) is 1.83. The molecule has 0 radical (unpaired) electrons. The molecule has 0 unspecified atom stereocenters. The van der Waals surface area contributed by atoms with Crippen LogP contribution >= 0.6 is 0 Å². The van der Waals surface area contributed by atoms with Crippen LogP contribution in [-0.2, 0) is 5.92 Å². The number of benzene rings is 1. The highest BCUT2D eigenvalue weighted by Crippen LogP contribution is 2.30. The molecule has 1 rings (SSSR count). The highest BCUT2D eigenvalue weighted by Gasteiger charge is 2.32. The molecule has 0 atom stereocenters. The summed E-state index contributed by atoms with van der Waals surface area (Å²) in [5.41, 5.74) is -0.587. The van der Waals surface area contributed by atoms with Crippen molar-refractivity contribution in [3.63, 3.8) is 0 Å². The van der Waals surface area contributed by atoms with Crippen LogP contribution in [0.2, 0.25) is 0 Å². The van der Waals surface area contributed by atoms with Crippen LogP contribution < -0.4 is 0 Å². The molecule has 72 valence electrons. The fourth-order valence-electron chi connectivity index (χ4n) is 1.09. The van der Waals surface area contributed by atoms with Crippen LogP contribution in [0.4, 0.5) is 13.2 Å². The molecule has 0 aliphatic carbocycles. The molecule has 0 saturated carbocycles. The topological polar surface area (TPSA) is 20.2 Å². The first kappa shape index (κ1) is 10.1. The molecule has 1 nitrogen and oxygen atoms in total. The van der Waals surface area contributed by atoms with E-state index in [1.54, 1.807) is 0 Å². The second-order valence-corrected chi connectivity index (χ2v) is 2.77. The SMILES string of the molecule is Cc1c(F)cccc1C(F)(F)CO. The van der Waals surface area contributed by atoms with Crippen molar-refractivity contribution in [1.82, 2.24) is 0 Å². The second-order valence-electron chi connectivity index (χ2n) is 2.77. The molecule has 0 spiro atoms. The zero-order valence-corrected chi connectivity index (χ0v) is 7.02. The Morgan fingerprint density at radius 3 is 2.54 bits per heavy atom. The van der Waals surface area contributed by atoms with Crippen molar-refractivity contribution >= 4 is 0 Å². The maximum absolute atomic E-state index is 12.9. The first-order valence-electron chi connectivity index (χ1n) is 3.73. The molecule has 0 aliphatic heterocycles. The number of hydrogen-bond acceptors (Lipinski definition) is 1. The summed E-state index contributed by atoms with van der Waals surface area (Å²) < 4.78 is 38.6. The average molecular weight is 190 g/mol. The summed E-state index contributed by atoms with van der Waals surface area (Å²) in [6, 6.07) is 3.40. The van der Waals surface area contributed by atoms with E-state index < -0.39 is 23.9 Å². The number of aliphatic hydroxyl groups excluding tert-OH is 1. The van der Waals surface area contributed by atoms with Gasteiger partial charge in [-0.25, -0.2) is 4.39 Å². The van der Waals surface area contributed by atoms with E-state index in [1.807, 2.05) is 0 Å². The van der Waals surface area contributed by atoms with Crippen LogP contribution in [0, 0.1) is 12.7 Å². The van der Waals surface area contributed by atoms with E-state index in [-0.39, 0.29) is 5.56 Å². The van der Waals surface area contributed by atoms with Crippen molar-refractivity contribution in [3.05, 3.63) is 35.1 Å². The number of halogens is 3. The van der Waals surface area contributed by atoms with Crippen LogP contribution in [0.1, 0.15) is 11.1 Å². The number of hydrogen-bond donors (Lipinski definition) is 1. The maximum atomic E-state index is 12.9. The lowest BCUT2D eigenvalue weighted by Gasteiger charge is -2.16. The zero-order chi connectivity index (χ0) is 10.1. The van der Waals surface area contributed by atoms with Gasteiger partial charge in [0.2, 0.25) is 0 Å². The molecule has 13 heavy (non-hydrogen) atoms. The van der Waals surface area contributed by atoms with Crippen LogP contribution in [-0.4, -0.2) is 11.7 Å². The molecule has 0 heterocycles. The number of aliphatic hydroxyl groups is 1. The Hall–Kier alpha value is -1.03. The third-order valence-electron chi connectivity index (χ3n) is 1.86. The minimum atomic E-state index is -3.37. The van der Waals surface area contributed by atoms with Crippen molar-refractivity contribution in [3.8, 4) is 0 Å². The van der Waals surface area contributed by atoms with E-state index in [1.165, 1.54) is 13.0 Å². The molecule has 1 aromatic carbocycles. The quantitative estimate of drug-likeness (QED) is 0.758. The molecule has 4 heteroatoms. The summed E-state index contributed by atoms with van der Waals surface area (Å²) in [6.07, 6.45) is 0. The van der Waals surface area contributed by atoms with Crippen LogP contribution in [0.15, 0.2) is 18.2 Å². The van der Waals surface area contributed by atoms with Crippen molar-refractivity contribution in [1.29, 1.82) is 0 Å². The summed E-state index contributed by atoms with van der Waals surface area (Å²) in [5, 5.41) is 8.39. The van der Waals surface area contributed by atoms with Gasteiger partial charge < -0.3 is 5.11 Å². The van der Waals surface area contributed by atoms with Gasteiger partial charge in [0.25, 0.3) is 5.92 Å². The molecule has 1 aromatic rings. The van der Waals surface area contributed by atoms with Gasteiger partial charge in [-0.3, -0.25) is 0 Å². The highest BCUT2D eigenvalue weighted by atomic mass is 19.3. The molecule has 0 aliphatic rings.